The van der Waals surface area contributed by atoms with Crippen LogP contribution < -0.4 is 4.74 Å². The van der Waals surface area contributed by atoms with Crippen LogP contribution in [0.1, 0.15) is 11.1 Å². The molecule has 0 aliphatic heterocycles. The zero-order valence-corrected chi connectivity index (χ0v) is 15.9. The Balaban J connectivity index is 1.52. The van der Waals surface area contributed by atoms with Crippen LogP contribution >= 0.6 is 23.6 Å². The summed E-state index contributed by atoms with van der Waals surface area (Å²) in [5.41, 5.74) is 2.04. The lowest BCUT2D eigenvalue weighted by molar-refractivity contribution is 0.306. The molecule has 0 saturated heterocycles. The maximum atomic E-state index is 5.87. The lowest BCUT2D eigenvalue weighted by Crippen LogP contribution is -1.96. The molecule has 0 unspecified atom stereocenters. The summed E-state index contributed by atoms with van der Waals surface area (Å²) in [7, 11) is 0. The lowest BCUT2D eigenvalue weighted by Gasteiger charge is -2.06. The van der Waals surface area contributed by atoms with Crippen LogP contribution in [0, 0.1) is 4.77 Å². The molecule has 0 saturated carbocycles. The fourth-order valence-corrected chi connectivity index (χ4v) is 3.39. The van der Waals surface area contributed by atoms with Gasteiger partial charge in [-0.1, -0.05) is 48.5 Å². The highest BCUT2D eigenvalue weighted by Crippen LogP contribution is 2.22. The number of ether oxygens (including phenoxy) is 1. The van der Waals surface area contributed by atoms with E-state index in [2.05, 4.69) is 15.3 Å². The minimum Gasteiger partial charge on any atom is -0.489 e. The predicted octanol–water partition coefficient (Wildman–Crippen LogP) is 5.13. The molecular formula is C20H16N4OS2. The van der Waals surface area contributed by atoms with Crippen LogP contribution in [0.25, 0.3) is 10.7 Å². The van der Waals surface area contributed by atoms with Crippen molar-refractivity contribution in [3.05, 3.63) is 88.0 Å². The smallest absolute Gasteiger partial charge is 0.216 e. The summed E-state index contributed by atoms with van der Waals surface area (Å²) in [5, 5.41) is 13.6. The fraction of sp³-hybridized carbons (Fsp3) is 0.0500. The van der Waals surface area contributed by atoms with Crippen molar-refractivity contribution in [2.45, 2.75) is 6.61 Å². The average Bonchev–Trinajstić information content (AvgIpc) is 3.36. The van der Waals surface area contributed by atoms with Crippen LogP contribution in [0.2, 0.25) is 0 Å². The average molecular weight is 393 g/mol. The topological polar surface area (TPSA) is 55.2 Å². The van der Waals surface area contributed by atoms with Gasteiger partial charge in [-0.15, -0.1) is 11.3 Å². The Kier molecular flexibility index (Phi) is 5.22. The third-order valence-corrected chi connectivity index (χ3v) is 4.95. The third kappa shape index (κ3) is 4.21. The molecule has 0 radical (unpaired) electrons. The summed E-state index contributed by atoms with van der Waals surface area (Å²) < 4.78 is 7.94. The molecule has 2 aromatic heterocycles. The Morgan fingerprint density at radius 3 is 2.81 bits per heavy atom. The van der Waals surface area contributed by atoms with Crippen molar-refractivity contribution in [1.82, 2.24) is 14.9 Å². The van der Waals surface area contributed by atoms with Gasteiger partial charge in [-0.25, -0.2) is 5.10 Å². The number of hydrogen-bond acceptors (Lipinski definition) is 5. The summed E-state index contributed by atoms with van der Waals surface area (Å²) in [4.78, 5) is 0.999. The van der Waals surface area contributed by atoms with Crippen molar-refractivity contribution >= 4 is 29.8 Å². The van der Waals surface area contributed by atoms with Crippen LogP contribution in [0.3, 0.4) is 0 Å². The Bertz CT molecular complexity index is 1100. The van der Waals surface area contributed by atoms with Crippen LogP contribution in [-0.2, 0) is 6.61 Å². The third-order valence-electron chi connectivity index (χ3n) is 3.82. The van der Waals surface area contributed by atoms with Gasteiger partial charge in [0.1, 0.15) is 12.4 Å². The number of aromatic amines is 1. The highest BCUT2D eigenvalue weighted by Gasteiger charge is 2.08. The maximum absolute atomic E-state index is 5.87. The van der Waals surface area contributed by atoms with Gasteiger partial charge in [0.2, 0.25) is 4.77 Å². The van der Waals surface area contributed by atoms with Gasteiger partial charge in [0.05, 0.1) is 11.1 Å². The van der Waals surface area contributed by atoms with Crippen molar-refractivity contribution in [1.29, 1.82) is 0 Å². The molecule has 1 N–H and O–H groups in total. The van der Waals surface area contributed by atoms with E-state index in [0.717, 1.165) is 21.8 Å². The normalized spacial score (nSPS) is 11.1. The first-order valence-corrected chi connectivity index (χ1v) is 9.61. The van der Waals surface area contributed by atoms with Crippen molar-refractivity contribution in [2.75, 3.05) is 0 Å². The van der Waals surface area contributed by atoms with E-state index in [9.17, 15) is 0 Å². The van der Waals surface area contributed by atoms with Crippen LogP contribution in [0.5, 0.6) is 5.75 Å². The highest BCUT2D eigenvalue weighted by molar-refractivity contribution is 7.71. The zero-order chi connectivity index (χ0) is 18.5. The van der Waals surface area contributed by atoms with Gasteiger partial charge in [-0.3, -0.25) is 0 Å². The van der Waals surface area contributed by atoms with E-state index in [4.69, 9.17) is 17.0 Å². The first kappa shape index (κ1) is 17.4. The van der Waals surface area contributed by atoms with Gasteiger partial charge in [-0.05, 0) is 46.9 Å². The number of thiophene rings is 1. The Hall–Kier alpha value is -3.03. The molecule has 0 aliphatic rings. The molecule has 4 rings (SSSR count). The summed E-state index contributed by atoms with van der Waals surface area (Å²) in [6.07, 6.45) is 1.75. The molecule has 27 heavy (non-hydrogen) atoms. The monoisotopic (exact) mass is 392 g/mol. The van der Waals surface area contributed by atoms with Crippen molar-refractivity contribution in [3.63, 3.8) is 0 Å². The maximum Gasteiger partial charge on any atom is 0.216 e. The number of hydrogen-bond donors (Lipinski definition) is 1. The first-order chi connectivity index (χ1) is 13.3. The molecule has 4 aromatic rings. The minimum absolute atomic E-state index is 0.450. The van der Waals surface area contributed by atoms with Gasteiger partial charge in [0.15, 0.2) is 5.82 Å². The molecule has 0 atom stereocenters. The second-order valence-corrected chi connectivity index (χ2v) is 7.07. The number of nitrogens with zero attached hydrogens (tertiary/aromatic N) is 3. The molecule has 2 aromatic carbocycles. The summed E-state index contributed by atoms with van der Waals surface area (Å²) >= 11 is 6.88. The largest absolute Gasteiger partial charge is 0.489 e. The van der Waals surface area contributed by atoms with Crippen LogP contribution in [0.15, 0.2) is 77.2 Å². The van der Waals surface area contributed by atoms with Crippen molar-refractivity contribution < 1.29 is 4.74 Å². The standard InChI is InChI=1S/C20H16N4OS2/c26-20-23-22-19(18-10-5-11-27-18)24(20)21-13-16-8-4-9-17(12-16)25-14-15-6-2-1-3-7-15/h1-13H,14H2,(H,23,26). The predicted molar refractivity (Wildman–Crippen MR) is 111 cm³/mol. The second kappa shape index (κ2) is 8.11. The SMILES string of the molecule is S=c1[nH]nc(-c2cccs2)n1N=Cc1cccc(OCc2ccccc2)c1. The number of aromatic nitrogens is 3. The highest BCUT2D eigenvalue weighted by atomic mass is 32.1. The summed E-state index contributed by atoms with van der Waals surface area (Å²) in [6.45, 7) is 0.525. The number of nitrogens with one attached hydrogen (secondary N) is 1. The van der Waals surface area contributed by atoms with E-state index in [1.54, 1.807) is 22.2 Å². The molecule has 0 amide bonds. The lowest BCUT2D eigenvalue weighted by atomic mass is 10.2. The first-order valence-electron chi connectivity index (χ1n) is 8.32. The van der Waals surface area contributed by atoms with Crippen LogP contribution in [0.4, 0.5) is 0 Å². The van der Waals surface area contributed by atoms with Crippen LogP contribution in [-0.4, -0.2) is 21.1 Å². The molecule has 134 valence electrons. The molecule has 2 heterocycles. The van der Waals surface area contributed by atoms with Crippen molar-refractivity contribution in [3.8, 4) is 16.5 Å². The molecular weight excluding hydrogens is 376 g/mol. The molecule has 0 fully saturated rings. The van der Waals surface area contributed by atoms with Gasteiger partial charge < -0.3 is 4.74 Å². The minimum atomic E-state index is 0.450. The molecule has 7 heteroatoms. The fourth-order valence-electron chi connectivity index (χ4n) is 2.51. The molecule has 0 bridgehead atoms. The zero-order valence-electron chi connectivity index (χ0n) is 14.3. The molecule has 5 nitrogen and oxygen atoms in total. The van der Waals surface area contributed by atoms with E-state index in [1.165, 1.54) is 0 Å². The Morgan fingerprint density at radius 1 is 1.11 bits per heavy atom. The molecule has 0 aliphatic carbocycles. The Morgan fingerprint density at radius 2 is 2.00 bits per heavy atom. The van der Waals surface area contributed by atoms with E-state index >= 15 is 0 Å². The quantitative estimate of drug-likeness (QED) is 0.365. The van der Waals surface area contributed by atoms with E-state index in [0.29, 0.717) is 17.2 Å². The number of rotatable bonds is 6. The summed E-state index contributed by atoms with van der Waals surface area (Å²) in [6, 6.07) is 21.8. The van der Waals surface area contributed by atoms with E-state index < -0.39 is 0 Å². The van der Waals surface area contributed by atoms with Gasteiger partial charge in [0, 0.05) is 0 Å². The van der Waals surface area contributed by atoms with Gasteiger partial charge >= 0.3 is 0 Å². The Labute approximate surface area is 165 Å². The second-order valence-electron chi connectivity index (χ2n) is 5.73. The molecule has 0 spiro atoms. The number of H-pyrrole nitrogens is 1. The number of benzene rings is 2. The van der Waals surface area contributed by atoms with E-state index in [1.807, 2.05) is 72.1 Å². The van der Waals surface area contributed by atoms with Gasteiger partial charge in [-0.2, -0.15) is 14.9 Å². The van der Waals surface area contributed by atoms with E-state index in [-0.39, 0.29) is 0 Å². The van der Waals surface area contributed by atoms with Gasteiger partial charge in [0.25, 0.3) is 0 Å². The van der Waals surface area contributed by atoms with Crippen molar-refractivity contribution in [2.24, 2.45) is 5.10 Å². The summed E-state index contributed by atoms with van der Waals surface area (Å²) in [5.74, 6) is 1.49.